The Balaban J connectivity index is 1.53. The van der Waals surface area contributed by atoms with E-state index in [2.05, 4.69) is 10.6 Å². The van der Waals surface area contributed by atoms with Crippen LogP contribution in [0.4, 0.5) is 0 Å². The summed E-state index contributed by atoms with van der Waals surface area (Å²) in [5, 5.41) is 143. The summed E-state index contributed by atoms with van der Waals surface area (Å²) in [6.45, 7) is -1.25. The lowest BCUT2D eigenvalue weighted by atomic mass is 9.88. The van der Waals surface area contributed by atoms with Gasteiger partial charge in [0, 0.05) is 26.9 Å². The highest BCUT2D eigenvalue weighted by atomic mass is 16.8. The van der Waals surface area contributed by atoms with Crippen LogP contribution in [-0.2, 0) is 52.3 Å². The SMILES string of the molecule is CC(=O)N[C@H]1[C@@H](O[C@@H]2[C@H](O)[C@@H](O)[C@@H](OCCCCCN)O[C@@H]2CO)O[C@H](CO)[C@H](O[C@@H]2O[C@H](CO)[C@H](O[C@@]3(C(=O)O)C[C@H](O)[C@@H](NC(C)=O)[C@H]([C@H](O)[C@H](O)CO)O3)[C@H](O)[C@H]2O)[C@@H]1O. The van der Waals surface area contributed by atoms with E-state index in [9.17, 15) is 80.8 Å². The second-order valence-electron chi connectivity index (χ2n) is 15.7. The Bertz CT molecular complexity index is 1450. The number of carboxylic acids is 1. The molecule has 2 amide bonds. The minimum absolute atomic E-state index is 0.121. The fraction of sp³-hybridized carbons (Fsp3) is 0.917. The van der Waals surface area contributed by atoms with Crippen molar-refractivity contribution in [2.24, 2.45) is 5.73 Å². The first-order valence-corrected chi connectivity index (χ1v) is 20.4. The number of carboxylic acid groups (broad SMARTS) is 1. The molecule has 0 aromatic rings. The van der Waals surface area contributed by atoms with E-state index in [0.29, 0.717) is 19.4 Å². The van der Waals surface area contributed by atoms with Crippen LogP contribution in [0.1, 0.15) is 39.5 Å². The first kappa shape index (κ1) is 53.2. The zero-order valence-electron chi connectivity index (χ0n) is 34.5. The molecule has 63 heavy (non-hydrogen) atoms. The molecule has 27 heteroatoms. The molecule has 0 spiro atoms. The predicted octanol–water partition coefficient (Wildman–Crippen LogP) is -9.10. The van der Waals surface area contributed by atoms with Gasteiger partial charge < -0.3 is 121 Å². The highest BCUT2D eigenvalue weighted by molar-refractivity contribution is 5.76. The Hall–Kier alpha value is -2.43. The summed E-state index contributed by atoms with van der Waals surface area (Å²) in [5.41, 5.74) is 5.50. The van der Waals surface area contributed by atoms with Crippen molar-refractivity contribution in [2.45, 2.75) is 168 Å². The van der Waals surface area contributed by atoms with Gasteiger partial charge in [-0.2, -0.15) is 0 Å². The highest BCUT2D eigenvalue weighted by Crippen LogP contribution is 2.39. The average molecular weight is 922 g/mol. The van der Waals surface area contributed by atoms with Crippen molar-refractivity contribution < 1.29 is 119 Å². The molecule has 4 fully saturated rings. The van der Waals surface area contributed by atoms with E-state index in [0.717, 1.165) is 20.3 Å². The number of ether oxygens (including phenoxy) is 8. The Morgan fingerprint density at radius 2 is 1.21 bits per heavy atom. The standard InChI is InChI=1S/C36H63N3O24/c1-13(44)38-20-15(46)8-36(35(54)55,63-31(20)22(48)16(47)9-40)62-30-19(12-43)59-34(27(53)25(30)51)61-28-17(10-41)57-32(21(23(28)49)39-14(2)45)60-29-18(11-42)58-33(26(52)24(29)50)56-7-5-3-4-6-37/h15-34,40-43,46-53H,3-12,37H2,1-2H3,(H,38,44)(H,39,45)(H,54,55)/t15-,16+,17+,18+,19+,20+,21+,22+,23+,24+,25+,26+,27+,28-,29-,30-,31+,32+,33-,34-,36-/m0/s1. The molecule has 27 nitrogen and oxygen atoms in total. The first-order chi connectivity index (χ1) is 29.8. The van der Waals surface area contributed by atoms with Crippen LogP contribution in [-0.4, -0.2) is 252 Å². The van der Waals surface area contributed by atoms with E-state index in [1.165, 1.54) is 0 Å². The number of rotatable bonds is 21. The van der Waals surface area contributed by atoms with E-state index in [1.807, 2.05) is 0 Å². The molecule has 4 saturated heterocycles. The number of unbranched alkanes of at least 4 members (excludes halogenated alkanes) is 2. The zero-order chi connectivity index (χ0) is 46.9. The number of aliphatic hydroxyl groups is 12. The molecule has 0 saturated carbocycles. The molecule has 4 aliphatic heterocycles. The van der Waals surface area contributed by atoms with Gasteiger partial charge in [0.05, 0.1) is 38.6 Å². The molecular formula is C36H63N3O24. The Morgan fingerprint density at radius 1 is 0.698 bits per heavy atom. The molecule has 4 heterocycles. The van der Waals surface area contributed by atoms with E-state index >= 15 is 0 Å². The van der Waals surface area contributed by atoms with Gasteiger partial charge in [-0.15, -0.1) is 0 Å². The largest absolute Gasteiger partial charge is 0.477 e. The number of hydrogen-bond acceptors (Lipinski definition) is 24. The maximum absolute atomic E-state index is 12.8. The zero-order valence-corrected chi connectivity index (χ0v) is 34.5. The molecule has 0 unspecified atom stereocenters. The maximum atomic E-state index is 12.8. The molecular weight excluding hydrogens is 858 g/mol. The third-order valence-corrected chi connectivity index (χ3v) is 11.1. The van der Waals surface area contributed by atoms with Crippen molar-refractivity contribution in [2.75, 3.05) is 39.6 Å². The van der Waals surface area contributed by atoms with E-state index in [1.54, 1.807) is 0 Å². The third-order valence-electron chi connectivity index (χ3n) is 11.1. The van der Waals surface area contributed by atoms with Crippen LogP contribution in [0.15, 0.2) is 0 Å². The fourth-order valence-corrected chi connectivity index (χ4v) is 7.81. The third kappa shape index (κ3) is 12.5. The number of amides is 2. The first-order valence-electron chi connectivity index (χ1n) is 20.4. The second kappa shape index (κ2) is 23.8. The van der Waals surface area contributed by atoms with Crippen LogP contribution < -0.4 is 16.4 Å². The summed E-state index contributed by atoms with van der Waals surface area (Å²) in [6.07, 6.45) is -32.5. The lowest BCUT2D eigenvalue weighted by molar-refractivity contribution is -0.385. The number of aliphatic hydroxyl groups excluding tert-OH is 12. The number of aliphatic carboxylic acids is 1. The highest BCUT2D eigenvalue weighted by Gasteiger charge is 2.60. The topological polar surface area (TPSA) is 438 Å². The van der Waals surface area contributed by atoms with Gasteiger partial charge in [0.25, 0.3) is 5.79 Å². The van der Waals surface area contributed by atoms with Gasteiger partial charge >= 0.3 is 5.97 Å². The molecule has 366 valence electrons. The molecule has 0 aromatic carbocycles. The van der Waals surface area contributed by atoms with Crippen molar-refractivity contribution in [3.05, 3.63) is 0 Å². The summed E-state index contributed by atoms with van der Waals surface area (Å²) in [6, 6.07) is -3.21. The fourth-order valence-electron chi connectivity index (χ4n) is 7.81. The number of hydrogen-bond donors (Lipinski definition) is 16. The van der Waals surface area contributed by atoms with Crippen LogP contribution in [0, 0.1) is 0 Å². The summed E-state index contributed by atoms with van der Waals surface area (Å²) in [5.74, 6) is -6.58. The van der Waals surface area contributed by atoms with Crippen LogP contribution >= 0.6 is 0 Å². The summed E-state index contributed by atoms with van der Waals surface area (Å²) in [4.78, 5) is 37.1. The van der Waals surface area contributed by atoms with E-state index in [4.69, 9.17) is 43.6 Å². The maximum Gasteiger partial charge on any atom is 0.364 e. The molecule has 17 N–H and O–H groups in total. The minimum atomic E-state index is -3.05. The normalized spacial score (nSPS) is 42.0. The van der Waals surface area contributed by atoms with Crippen LogP contribution in [0.5, 0.6) is 0 Å². The summed E-state index contributed by atoms with van der Waals surface area (Å²) < 4.78 is 45.7. The Kier molecular flexibility index (Phi) is 20.1. The molecule has 0 aromatic heterocycles. The molecule has 0 radical (unpaired) electrons. The summed E-state index contributed by atoms with van der Waals surface area (Å²) in [7, 11) is 0. The minimum Gasteiger partial charge on any atom is -0.477 e. The molecule has 0 aliphatic carbocycles. The van der Waals surface area contributed by atoms with Gasteiger partial charge in [0.1, 0.15) is 91.5 Å². The van der Waals surface area contributed by atoms with Crippen molar-refractivity contribution >= 4 is 17.8 Å². The van der Waals surface area contributed by atoms with Gasteiger partial charge in [-0.05, 0) is 25.8 Å². The van der Waals surface area contributed by atoms with Crippen molar-refractivity contribution in [1.29, 1.82) is 0 Å². The van der Waals surface area contributed by atoms with Gasteiger partial charge in [0.15, 0.2) is 18.9 Å². The van der Waals surface area contributed by atoms with Gasteiger partial charge in [-0.25, -0.2) is 4.79 Å². The average Bonchev–Trinajstić information content (AvgIpc) is 3.24. The van der Waals surface area contributed by atoms with E-state index in [-0.39, 0.29) is 6.61 Å². The van der Waals surface area contributed by atoms with Gasteiger partial charge in [0.2, 0.25) is 11.8 Å². The molecule has 4 rings (SSSR count). The lowest BCUT2D eigenvalue weighted by Gasteiger charge is -2.51. The Labute approximate surface area is 360 Å². The number of carbonyl (C=O) groups is 3. The predicted molar refractivity (Wildman–Crippen MR) is 201 cm³/mol. The van der Waals surface area contributed by atoms with Crippen LogP contribution in [0.2, 0.25) is 0 Å². The molecule has 4 aliphatic rings. The van der Waals surface area contributed by atoms with Crippen LogP contribution in [0.3, 0.4) is 0 Å². The van der Waals surface area contributed by atoms with Crippen molar-refractivity contribution in [3.63, 3.8) is 0 Å². The molecule has 21 atom stereocenters. The Morgan fingerprint density at radius 3 is 1.76 bits per heavy atom. The number of nitrogens with two attached hydrogens (primary N) is 1. The quantitative estimate of drug-likeness (QED) is 0.0475. The van der Waals surface area contributed by atoms with Crippen molar-refractivity contribution in [3.8, 4) is 0 Å². The molecule has 0 bridgehead atoms. The summed E-state index contributed by atoms with van der Waals surface area (Å²) >= 11 is 0. The van der Waals surface area contributed by atoms with E-state index < -0.39 is 179 Å². The van der Waals surface area contributed by atoms with Crippen LogP contribution in [0.25, 0.3) is 0 Å². The number of carbonyl (C=O) groups excluding carboxylic acids is 2. The van der Waals surface area contributed by atoms with Gasteiger partial charge in [-0.1, -0.05) is 0 Å². The van der Waals surface area contributed by atoms with Gasteiger partial charge in [-0.3, -0.25) is 9.59 Å². The number of nitrogens with one attached hydrogen (secondary N) is 2. The van der Waals surface area contributed by atoms with Crippen molar-refractivity contribution in [1.82, 2.24) is 10.6 Å². The second-order valence-corrected chi connectivity index (χ2v) is 15.7. The smallest absolute Gasteiger partial charge is 0.364 e. The monoisotopic (exact) mass is 921 g/mol. The lowest BCUT2D eigenvalue weighted by Crippen LogP contribution is -2.71.